The summed E-state index contributed by atoms with van der Waals surface area (Å²) in [5.41, 5.74) is 6.96. The van der Waals surface area contributed by atoms with E-state index in [9.17, 15) is 0 Å². The summed E-state index contributed by atoms with van der Waals surface area (Å²) in [6.45, 7) is 7.16. The third-order valence-electron chi connectivity index (χ3n) is 2.34. The highest BCUT2D eigenvalue weighted by Gasteiger charge is 2.15. The average molecular weight is 182 g/mol. The molecule has 0 aliphatic heterocycles. The number of nitrogens with zero attached hydrogens (tertiary/aromatic N) is 3. The predicted octanol–water partition coefficient (Wildman–Crippen LogP) is 1.14. The summed E-state index contributed by atoms with van der Waals surface area (Å²) >= 11 is 0. The van der Waals surface area contributed by atoms with Gasteiger partial charge in [-0.3, -0.25) is 0 Å². The molecule has 0 amide bonds. The van der Waals surface area contributed by atoms with E-state index in [1.165, 1.54) is 0 Å². The van der Waals surface area contributed by atoms with Crippen LogP contribution in [0.3, 0.4) is 0 Å². The molecule has 1 heterocycles. The van der Waals surface area contributed by atoms with Gasteiger partial charge in [0.1, 0.15) is 0 Å². The number of hydrogen-bond acceptors (Lipinski definition) is 3. The molecule has 1 rings (SSSR count). The van der Waals surface area contributed by atoms with Crippen molar-refractivity contribution in [2.75, 3.05) is 0 Å². The quantitative estimate of drug-likeness (QED) is 0.759. The average Bonchev–Trinajstić information content (AvgIpc) is 2.52. The largest absolute Gasteiger partial charge is 0.327 e. The number of aromatic nitrogens is 3. The minimum absolute atomic E-state index is 0.147. The molecule has 0 saturated heterocycles. The Morgan fingerprint density at radius 1 is 1.54 bits per heavy atom. The highest BCUT2D eigenvalue weighted by Crippen LogP contribution is 2.16. The Hall–Kier alpha value is -0.900. The van der Waals surface area contributed by atoms with Crippen molar-refractivity contribution in [2.45, 2.75) is 45.7 Å². The van der Waals surface area contributed by atoms with Crippen LogP contribution < -0.4 is 5.73 Å². The minimum Gasteiger partial charge on any atom is -0.327 e. The first-order valence-electron chi connectivity index (χ1n) is 4.80. The van der Waals surface area contributed by atoms with E-state index >= 15 is 0 Å². The van der Waals surface area contributed by atoms with Gasteiger partial charge in [-0.25, -0.2) is 4.68 Å². The summed E-state index contributed by atoms with van der Waals surface area (Å²) in [6.07, 6.45) is 2.88. The molecule has 74 valence electrons. The molecule has 2 N–H and O–H groups in total. The number of hydrogen-bond donors (Lipinski definition) is 1. The lowest BCUT2D eigenvalue weighted by atomic mass is 10.0. The van der Waals surface area contributed by atoms with E-state index in [-0.39, 0.29) is 6.04 Å². The lowest BCUT2D eigenvalue weighted by molar-refractivity contribution is 0.504. The fourth-order valence-corrected chi connectivity index (χ4v) is 1.27. The SMILES string of the molecule is CCCn1nncc1C(C)C(C)N. The van der Waals surface area contributed by atoms with Crippen molar-refractivity contribution in [2.24, 2.45) is 5.73 Å². The molecule has 13 heavy (non-hydrogen) atoms. The summed E-state index contributed by atoms with van der Waals surface area (Å²) in [4.78, 5) is 0. The van der Waals surface area contributed by atoms with E-state index in [1.54, 1.807) is 0 Å². The molecule has 1 aromatic heterocycles. The van der Waals surface area contributed by atoms with Gasteiger partial charge in [-0.2, -0.15) is 0 Å². The van der Waals surface area contributed by atoms with Gasteiger partial charge in [-0.15, -0.1) is 5.10 Å². The van der Waals surface area contributed by atoms with Gasteiger partial charge in [0.15, 0.2) is 0 Å². The second-order valence-corrected chi connectivity index (χ2v) is 3.53. The van der Waals surface area contributed by atoms with Crippen LogP contribution in [-0.4, -0.2) is 21.0 Å². The Bertz CT molecular complexity index is 254. The second-order valence-electron chi connectivity index (χ2n) is 3.53. The van der Waals surface area contributed by atoms with Crippen molar-refractivity contribution in [1.82, 2.24) is 15.0 Å². The molecule has 0 aliphatic carbocycles. The third kappa shape index (κ3) is 2.28. The standard InChI is InChI=1S/C9H18N4/c1-4-5-13-9(6-11-12-13)7(2)8(3)10/h6-8H,4-5,10H2,1-3H3. The second kappa shape index (κ2) is 4.37. The maximum absolute atomic E-state index is 5.82. The molecule has 4 heteroatoms. The Morgan fingerprint density at radius 3 is 2.77 bits per heavy atom. The summed E-state index contributed by atoms with van der Waals surface area (Å²) in [6, 6.07) is 0.147. The van der Waals surface area contributed by atoms with Gasteiger partial charge in [-0.1, -0.05) is 19.1 Å². The Labute approximate surface area is 79.1 Å². The molecule has 0 aromatic carbocycles. The number of aryl methyl sites for hydroxylation is 1. The lowest BCUT2D eigenvalue weighted by Crippen LogP contribution is -2.24. The van der Waals surface area contributed by atoms with Crippen molar-refractivity contribution in [3.63, 3.8) is 0 Å². The van der Waals surface area contributed by atoms with Crippen molar-refractivity contribution in [3.8, 4) is 0 Å². The van der Waals surface area contributed by atoms with Gasteiger partial charge >= 0.3 is 0 Å². The summed E-state index contributed by atoms with van der Waals surface area (Å²) in [7, 11) is 0. The first kappa shape index (κ1) is 10.2. The van der Waals surface area contributed by atoms with Gasteiger partial charge in [-0.05, 0) is 13.3 Å². The lowest BCUT2D eigenvalue weighted by Gasteiger charge is -2.15. The van der Waals surface area contributed by atoms with Gasteiger partial charge in [0.05, 0.1) is 11.9 Å². The molecule has 0 aliphatic rings. The molecule has 0 saturated carbocycles. The zero-order chi connectivity index (χ0) is 9.84. The minimum atomic E-state index is 0.147. The Balaban J connectivity index is 2.80. The first-order valence-corrected chi connectivity index (χ1v) is 4.80. The van der Waals surface area contributed by atoms with Crippen molar-refractivity contribution >= 4 is 0 Å². The Morgan fingerprint density at radius 2 is 2.23 bits per heavy atom. The topological polar surface area (TPSA) is 56.7 Å². The van der Waals surface area contributed by atoms with Crippen LogP contribution in [0.5, 0.6) is 0 Å². The van der Waals surface area contributed by atoms with E-state index in [2.05, 4.69) is 24.2 Å². The van der Waals surface area contributed by atoms with Crippen LogP contribution >= 0.6 is 0 Å². The molecule has 2 atom stereocenters. The first-order chi connectivity index (χ1) is 6.16. The van der Waals surface area contributed by atoms with E-state index in [0.717, 1.165) is 18.7 Å². The molecule has 4 nitrogen and oxygen atoms in total. The van der Waals surface area contributed by atoms with Gasteiger partial charge in [0, 0.05) is 18.5 Å². The van der Waals surface area contributed by atoms with E-state index in [0.29, 0.717) is 5.92 Å². The molecular weight excluding hydrogens is 164 g/mol. The van der Waals surface area contributed by atoms with Gasteiger partial charge in [0.25, 0.3) is 0 Å². The molecule has 0 bridgehead atoms. The molecule has 2 unspecified atom stereocenters. The molecule has 0 spiro atoms. The van der Waals surface area contributed by atoms with Gasteiger partial charge in [0.2, 0.25) is 0 Å². The van der Waals surface area contributed by atoms with Gasteiger partial charge < -0.3 is 5.73 Å². The van der Waals surface area contributed by atoms with Crippen molar-refractivity contribution < 1.29 is 0 Å². The normalized spacial score (nSPS) is 15.7. The highest BCUT2D eigenvalue weighted by atomic mass is 15.4. The molecule has 0 fully saturated rings. The number of nitrogens with two attached hydrogens (primary N) is 1. The summed E-state index contributed by atoms with van der Waals surface area (Å²) in [5.74, 6) is 0.321. The maximum atomic E-state index is 5.82. The summed E-state index contributed by atoms with van der Waals surface area (Å²) < 4.78 is 1.94. The number of rotatable bonds is 4. The van der Waals surface area contributed by atoms with Crippen LogP contribution in [0, 0.1) is 0 Å². The van der Waals surface area contributed by atoms with E-state index in [4.69, 9.17) is 5.73 Å². The van der Waals surface area contributed by atoms with Crippen molar-refractivity contribution in [3.05, 3.63) is 11.9 Å². The van der Waals surface area contributed by atoms with Crippen LogP contribution in [0.4, 0.5) is 0 Å². The smallest absolute Gasteiger partial charge is 0.0728 e. The van der Waals surface area contributed by atoms with Crippen LogP contribution in [0.25, 0.3) is 0 Å². The molecule has 1 aromatic rings. The van der Waals surface area contributed by atoms with Crippen LogP contribution in [0.2, 0.25) is 0 Å². The predicted molar refractivity (Wildman–Crippen MR) is 52.4 cm³/mol. The van der Waals surface area contributed by atoms with Crippen LogP contribution in [0.15, 0.2) is 6.20 Å². The zero-order valence-corrected chi connectivity index (χ0v) is 8.57. The fourth-order valence-electron chi connectivity index (χ4n) is 1.27. The fraction of sp³-hybridized carbons (Fsp3) is 0.778. The Kier molecular flexibility index (Phi) is 3.42. The molecular formula is C9H18N4. The zero-order valence-electron chi connectivity index (χ0n) is 8.57. The monoisotopic (exact) mass is 182 g/mol. The molecule has 0 radical (unpaired) electrons. The maximum Gasteiger partial charge on any atom is 0.0728 e. The van der Waals surface area contributed by atoms with Crippen LogP contribution in [0.1, 0.15) is 38.8 Å². The van der Waals surface area contributed by atoms with Crippen molar-refractivity contribution in [1.29, 1.82) is 0 Å². The third-order valence-corrected chi connectivity index (χ3v) is 2.34. The highest BCUT2D eigenvalue weighted by molar-refractivity contribution is 5.04. The van der Waals surface area contributed by atoms with E-state index in [1.807, 2.05) is 17.8 Å². The van der Waals surface area contributed by atoms with Crippen LogP contribution in [-0.2, 0) is 6.54 Å². The summed E-state index contributed by atoms with van der Waals surface area (Å²) in [5, 5.41) is 7.92. The van der Waals surface area contributed by atoms with E-state index < -0.39 is 0 Å².